The SMILES string of the molecule is C=C(CC(CC)c1ccc(C#N)cc1)C(=O)c1ccc(C)c(C2=C(C)CC=C(C3(OC)CCN(C(=O)OC)CC3)C(=N)C2)c1. The second kappa shape index (κ2) is 14.0. The molecule has 7 nitrogen and oxygen atoms in total. The molecule has 230 valence electrons. The first-order chi connectivity index (χ1) is 21.1. The van der Waals surface area contributed by atoms with Crippen molar-refractivity contribution in [2.45, 2.75) is 70.8 Å². The summed E-state index contributed by atoms with van der Waals surface area (Å²) in [5, 5.41) is 18.3. The molecule has 7 heteroatoms. The molecule has 0 saturated carbocycles. The van der Waals surface area contributed by atoms with Gasteiger partial charge in [0.05, 0.1) is 24.3 Å². The minimum absolute atomic E-state index is 0.0742. The number of nitriles is 1. The van der Waals surface area contributed by atoms with E-state index in [0.717, 1.165) is 39.8 Å². The maximum absolute atomic E-state index is 13.7. The van der Waals surface area contributed by atoms with Gasteiger partial charge in [-0.15, -0.1) is 0 Å². The van der Waals surface area contributed by atoms with Crippen LogP contribution < -0.4 is 0 Å². The Morgan fingerprint density at radius 2 is 1.80 bits per heavy atom. The second-order valence-corrected chi connectivity index (χ2v) is 11.9. The number of likely N-dealkylation sites (tertiary alicyclic amines) is 1. The summed E-state index contributed by atoms with van der Waals surface area (Å²) in [6, 6.07) is 15.5. The topological polar surface area (TPSA) is 103 Å². The molecule has 0 aromatic heterocycles. The molecule has 0 radical (unpaired) electrons. The van der Waals surface area contributed by atoms with E-state index in [1.54, 1.807) is 12.0 Å². The first-order valence-electron chi connectivity index (χ1n) is 15.3. The highest BCUT2D eigenvalue weighted by Crippen LogP contribution is 2.40. The molecule has 1 atom stereocenters. The molecule has 0 spiro atoms. The quantitative estimate of drug-likeness (QED) is 0.235. The first kappa shape index (κ1) is 32.6. The molecule has 2 aromatic rings. The van der Waals surface area contributed by atoms with Crippen molar-refractivity contribution in [2.24, 2.45) is 0 Å². The van der Waals surface area contributed by atoms with Gasteiger partial charge in [-0.2, -0.15) is 5.26 Å². The standard InChI is InChI=1S/C37H43N3O4/c1-7-28(29-13-10-27(23-38)11-14-29)20-26(4)35(41)30-12-8-24(2)31(21-30)32-22-34(39)33(15-9-25(32)3)37(44-6)16-18-40(19-17-37)36(42)43-5/h8,10-15,21,28,39H,4,7,9,16-20,22H2,1-3,5-6H3. The van der Waals surface area contributed by atoms with E-state index >= 15 is 0 Å². The summed E-state index contributed by atoms with van der Waals surface area (Å²) in [7, 11) is 3.07. The minimum atomic E-state index is -0.632. The maximum Gasteiger partial charge on any atom is 0.409 e. The van der Waals surface area contributed by atoms with Crippen molar-refractivity contribution in [3.63, 3.8) is 0 Å². The normalized spacial score (nSPS) is 17.3. The van der Waals surface area contributed by atoms with E-state index in [-0.39, 0.29) is 17.8 Å². The molecule has 1 fully saturated rings. The van der Waals surface area contributed by atoms with Crippen LogP contribution in [0.1, 0.15) is 90.9 Å². The van der Waals surface area contributed by atoms with Gasteiger partial charge in [0.1, 0.15) is 0 Å². The molecule has 1 unspecified atom stereocenters. The Balaban J connectivity index is 1.53. The molecule has 44 heavy (non-hydrogen) atoms. The van der Waals surface area contributed by atoms with Gasteiger partial charge in [-0.1, -0.05) is 49.4 Å². The van der Waals surface area contributed by atoms with Crippen LogP contribution in [-0.4, -0.2) is 55.4 Å². The van der Waals surface area contributed by atoms with E-state index in [1.807, 2.05) is 49.4 Å². The lowest BCUT2D eigenvalue weighted by molar-refractivity contribution is -0.0225. The number of carbonyl (C=O) groups is 2. The van der Waals surface area contributed by atoms with Crippen LogP contribution in [0.5, 0.6) is 0 Å². The number of aryl methyl sites for hydroxylation is 1. The van der Waals surface area contributed by atoms with E-state index in [2.05, 4.69) is 32.6 Å². The number of hydrogen-bond acceptors (Lipinski definition) is 6. The monoisotopic (exact) mass is 593 g/mol. The molecule has 1 saturated heterocycles. The van der Waals surface area contributed by atoms with Gasteiger partial charge in [0.2, 0.25) is 0 Å². The summed E-state index contributed by atoms with van der Waals surface area (Å²) >= 11 is 0. The van der Waals surface area contributed by atoms with Crippen LogP contribution in [0.2, 0.25) is 0 Å². The number of Topliss-reactive ketones (excluding diaryl/α,β-unsaturated/α-hetero) is 1. The summed E-state index contributed by atoms with van der Waals surface area (Å²) in [6.45, 7) is 11.4. The number of carbonyl (C=O) groups excluding carboxylic acids is 2. The molecular formula is C37H43N3O4. The van der Waals surface area contributed by atoms with Crippen LogP contribution in [-0.2, 0) is 9.47 Å². The van der Waals surface area contributed by atoms with Crippen LogP contribution in [0.3, 0.4) is 0 Å². The Morgan fingerprint density at radius 3 is 2.39 bits per heavy atom. The second-order valence-electron chi connectivity index (χ2n) is 11.9. The Bertz CT molecular complexity index is 1550. The molecule has 1 aliphatic carbocycles. The lowest BCUT2D eigenvalue weighted by atomic mass is 9.80. The Morgan fingerprint density at radius 1 is 1.11 bits per heavy atom. The fraction of sp³-hybridized carbons (Fsp3) is 0.405. The number of amides is 1. The van der Waals surface area contributed by atoms with Gasteiger partial charge in [0.25, 0.3) is 0 Å². The zero-order valence-electron chi connectivity index (χ0n) is 26.6. The number of methoxy groups -OCH3 is 2. The average molecular weight is 594 g/mol. The first-order valence-corrected chi connectivity index (χ1v) is 15.3. The van der Waals surface area contributed by atoms with Crippen LogP contribution in [0.15, 0.2) is 71.8 Å². The third-order valence-electron chi connectivity index (χ3n) is 9.33. The fourth-order valence-electron chi connectivity index (χ4n) is 6.48. The summed E-state index contributed by atoms with van der Waals surface area (Å²) in [5.74, 6) is 0.0586. The predicted molar refractivity (Wildman–Crippen MR) is 174 cm³/mol. The summed E-state index contributed by atoms with van der Waals surface area (Å²) in [4.78, 5) is 27.4. The Kier molecular flexibility index (Phi) is 10.4. The number of piperidine rings is 1. The van der Waals surface area contributed by atoms with Crippen molar-refractivity contribution in [3.05, 3.63) is 99.7 Å². The number of nitrogens with one attached hydrogen (secondary N) is 1. The molecule has 1 N–H and O–H groups in total. The molecule has 4 rings (SSSR count). The van der Waals surface area contributed by atoms with Crippen LogP contribution in [0.25, 0.3) is 5.57 Å². The zero-order chi connectivity index (χ0) is 32.0. The van der Waals surface area contributed by atoms with Crippen molar-refractivity contribution in [2.75, 3.05) is 27.3 Å². The minimum Gasteiger partial charge on any atom is -0.453 e. The molecule has 1 aliphatic heterocycles. The number of nitrogens with zero attached hydrogens (tertiary/aromatic N) is 2. The predicted octanol–water partition coefficient (Wildman–Crippen LogP) is 7.95. The summed E-state index contributed by atoms with van der Waals surface area (Å²) in [5.41, 5.74) is 7.85. The van der Waals surface area contributed by atoms with Crippen molar-refractivity contribution < 1.29 is 19.1 Å². The van der Waals surface area contributed by atoms with E-state index < -0.39 is 5.60 Å². The van der Waals surface area contributed by atoms with E-state index in [0.29, 0.717) is 67.6 Å². The third kappa shape index (κ3) is 6.76. The molecule has 0 bridgehead atoms. The highest BCUT2D eigenvalue weighted by molar-refractivity contribution is 6.10. The number of ether oxygens (including phenoxy) is 2. The number of ketones is 1. The molecular weight excluding hydrogens is 550 g/mol. The average Bonchev–Trinajstić information content (AvgIpc) is 3.20. The molecule has 2 aliphatic rings. The van der Waals surface area contributed by atoms with Gasteiger partial charge in [0, 0.05) is 43.5 Å². The van der Waals surface area contributed by atoms with Crippen LogP contribution in [0.4, 0.5) is 4.79 Å². The summed E-state index contributed by atoms with van der Waals surface area (Å²) < 4.78 is 11.0. The van der Waals surface area contributed by atoms with Gasteiger partial charge >= 0.3 is 6.09 Å². The van der Waals surface area contributed by atoms with Gasteiger partial charge in [0.15, 0.2) is 5.78 Å². The van der Waals surface area contributed by atoms with Crippen molar-refractivity contribution in [1.82, 2.24) is 4.90 Å². The number of hydrogen-bond donors (Lipinski definition) is 1. The van der Waals surface area contributed by atoms with Gasteiger partial charge in [-0.05, 0) is 97.9 Å². The van der Waals surface area contributed by atoms with E-state index in [9.17, 15) is 15.0 Å². The molecule has 1 heterocycles. The highest BCUT2D eigenvalue weighted by Gasteiger charge is 2.41. The van der Waals surface area contributed by atoms with Crippen molar-refractivity contribution in [1.29, 1.82) is 10.7 Å². The van der Waals surface area contributed by atoms with Crippen LogP contribution >= 0.6 is 0 Å². The smallest absolute Gasteiger partial charge is 0.409 e. The Hall–Kier alpha value is -4.28. The van der Waals surface area contributed by atoms with Crippen molar-refractivity contribution >= 4 is 23.2 Å². The summed E-state index contributed by atoms with van der Waals surface area (Å²) in [6.07, 6.45) is 5.45. The number of benzene rings is 2. The van der Waals surface area contributed by atoms with Gasteiger partial charge in [-0.25, -0.2) is 4.79 Å². The van der Waals surface area contributed by atoms with Gasteiger partial charge < -0.3 is 19.8 Å². The van der Waals surface area contributed by atoms with Crippen LogP contribution in [0, 0.1) is 23.7 Å². The van der Waals surface area contributed by atoms with E-state index in [4.69, 9.17) is 14.7 Å². The Labute approximate surface area is 261 Å². The largest absolute Gasteiger partial charge is 0.453 e. The number of allylic oxidation sites excluding steroid dienone is 4. The molecule has 2 aromatic carbocycles. The third-order valence-corrected chi connectivity index (χ3v) is 9.33. The number of rotatable bonds is 9. The lowest BCUT2D eigenvalue weighted by Gasteiger charge is -2.42. The maximum atomic E-state index is 13.7. The van der Waals surface area contributed by atoms with Gasteiger partial charge in [-0.3, -0.25) is 4.79 Å². The fourth-order valence-corrected chi connectivity index (χ4v) is 6.48. The van der Waals surface area contributed by atoms with E-state index in [1.165, 1.54) is 7.11 Å². The zero-order valence-corrected chi connectivity index (χ0v) is 26.6. The lowest BCUT2D eigenvalue weighted by Crippen LogP contribution is -2.49. The van der Waals surface area contributed by atoms with Crippen molar-refractivity contribution in [3.8, 4) is 6.07 Å². The molecule has 1 amide bonds. The highest BCUT2D eigenvalue weighted by atomic mass is 16.5.